The van der Waals surface area contributed by atoms with Crippen molar-refractivity contribution < 1.29 is 17.5 Å². The molecule has 2 aromatic carbocycles. The number of pyridine rings is 1. The van der Waals surface area contributed by atoms with Crippen LogP contribution in [0.3, 0.4) is 0 Å². The Hall–Kier alpha value is -3.63. The molecule has 0 aliphatic carbocycles. The van der Waals surface area contributed by atoms with Crippen LogP contribution in [0.5, 0.6) is 5.75 Å². The number of halogens is 1. The lowest BCUT2D eigenvalue weighted by Gasteiger charge is -2.14. The summed E-state index contributed by atoms with van der Waals surface area (Å²) in [4.78, 5) is 4.72. The first-order chi connectivity index (χ1) is 16.0. The first-order valence-corrected chi connectivity index (χ1v) is 11.8. The van der Waals surface area contributed by atoms with Gasteiger partial charge in [-0.3, -0.25) is 0 Å². The second-order valence-electron chi connectivity index (χ2n) is 7.52. The van der Waals surface area contributed by atoms with Gasteiger partial charge in [0.1, 0.15) is 17.4 Å². The fourth-order valence-corrected chi connectivity index (χ4v) is 4.70. The van der Waals surface area contributed by atoms with Crippen LogP contribution < -0.4 is 14.8 Å². The summed E-state index contributed by atoms with van der Waals surface area (Å²) in [5.74, 6) is 0.981. The molecular formula is C23H20FN5O3S. The highest BCUT2D eigenvalue weighted by Crippen LogP contribution is 2.33. The number of hydrogen-bond donors (Lipinski definition) is 2. The van der Waals surface area contributed by atoms with Gasteiger partial charge in [-0.25, -0.2) is 22.5 Å². The zero-order chi connectivity index (χ0) is 23.0. The van der Waals surface area contributed by atoms with Crippen molar-refractivity contribution in [1.82, 2.24) is 19.9 Å². The number of nitrogens with one attached hydrogen (secondary N) is 2. The van der Waals surface area contributed by atoms with Crippen LogP contribution in [0.2, 0.25) is 0 Å². The number of ether oxygens (including phenoxy) is 1. The Labute approximate surface area is 189 Å². The number of benzene rings is 2. The molecule has 3 heterocycles. The summed E-state index contributed by atoms with van der Waals surface area (Å²) >= 11 is 0. The smallest absolute Gasteiger partial charge is 0.240 e. The summed E-state index contributed by atoms with van der Waals surface area (Å²) in [5.41, 5.74) is 3.00. The fourth-order valence-electron chi connectivity index (χ4n) is 3.97. The molecule has 2 aromatic heterocycles. The van der Waals surface area contributed by atoms with E-state index in [-0.39, 0.29) is 17.3 Å². The largest absolute Gasteiger partial charge is 0.493 e. The summed E-state index contributed by atoms with van der Waals surface area (Å²) in [5, 5.41) is 12.7. The summed E-state index contributed by atoms with van der Waals surface area (Å²) < 4.78 is 46.4. The van der Waals surface area contributed by atoms with Crippen molar-refractivity contribution >= 4 is 26.6 Å². The molecule has 0 radical (unpaired) electrons. The van der Waals surface area contributed by atoms with Crippen molar-refractivity contribution in [2.75, 3.05) is 19.0 Å². The van der Waals surface area contributed by atoms with Gasteiger partial charge in [-0.15, -0.1) is 0 Å². The van der Waals surface area contributed by atoms with Crippen LogP contribution in [-0.2, 0) is 23.0 Å². The number of sulfonamides is 1. The van der Waals surface area contributed by atoms with E-state index in [4.69, 9.17) is 4.74 Å². The minimum atomic E-state index is -3.53. The van der Waals surface area contributed by atoms with Gasteiger partial charge < -0.3 is 10.1 Å². The van der Waals surface area contributed by atoms with E-state index in [9.17, 15) is 12.8 Å². The highest BCUT2D eigenvalue weighted by Gasteiger charge is 2.20. The highest BCUT2D eigenvalue weighted by atomic mass is 32.2. The molecule has 0 fully saturated rings. The topological polar surface area (TPSA) is 106 Å². The van der Waals surface area contributed by atoms with E-state index in [2.05, 4.69) is 25.2 Å². The van der Waals surface area contributed by atoms with Gasteiger partial charge in [-0.2, -0.15) is 10.2 Å². The Bertz CT molecular complexity index is 1460. The quantitative estimate of drug-likeness (QED) is 0.450. The van der Waals surface area contributed by atoms with Gasteiger partial charge in [0.2, 0.25) is 10.0 Å². The van der Waals surface area contributed by atoms with Crippen LogP contribution in [0, 0.1) is 5.82 Å². The third-order valence-corrected chi connectivity index (χ3v) is 7.15. The second-order valence-corrected chi connectivity index (χ2v) is 9.41. The maximum atomic E-state index is 14.5. The molecule has 0 bridgehead atoms. The van der Waals surface area contributed by atoms with E-state index < -0.39 is 10.0 Å². The number of hydrogen-bond acceptors (Lipinski definition) is 7. The van der Waals surface area contributed by atoms with Crippen molar-refractivity contribution in [2.24, 2.45) is 0 Å². The average Bonchev–Trinajstić information content (AvgIpc) is 3.32. The number of aromatic nitrogens is 3. The van der Waals surface area contributed by atoms with Gasteiger partial charge in [0.25, 0.3) is 0 Å². The normalized spacial score (nSPS) is 13.0. The van der Waals surface area contributed by atoms with Gasteiger partial charge in [0.15, 0.2) is 0 Å². The van der Waals surface area contributed by atoms with E-state index in [1.165, 1.54) is 25.2 Å². The van der Waals surface area contributed by atoms with Gasteiger partial charge in [0.05, 0.1) is 23.9 Å². The van der Waals surface area contributed by atoms with Crippen LogP contribution in [0.15, 0.2) is 59.9 Å². The predicted octanol–water partition coefficient (Wildman–Crippen LogP) is 3.29. The van der Waals surface area contributed by atoms with Gasteiger partial charge in [0, 0.05) is 46.6 Å². The lowest BCUT2D eigenvalue weighted by Crippen LogP contribution is -2.18. The number of rotatable bonds is 6. The van der Waals surface area contributed by atoms with E-state index in [1.807, 2.05) is 0 Å². The lowest BCUT2D eigenvalue weighted by molar-refractivity contribution is 0.356. The van der Waals surface area contributed by atoms with Crippen LogP contribution in [0.25, 0.3) is 21.9 Å². The van der Waals surface area contributed by atoms with Crippen LogP contribution in [-0.4, -0.2) is 37.3 Å². The van der Waals surface area contributed by atoms with E-state index >= 15 is 0 Å². The molecule has 0 amide bonds. The molecule has 10 heteroatoms. The summed E-state index contributed by atoms with van der Waals surface area (Å²) in [6.45, 7) is 0.796. The Kier molecular flexibility index (Phi) is 5.39. The van der Waals surface area contributed by atoms with Crippen LogP contribution in [0.1, 0.15) is 11.1 Å². The Balaban J connectivity index is 1.49. The van der Waals surface area contributed by atoms with Crippen molar-refractivity contribution in [3.63, 3.8) is 0 Å². The molecule has 0 saturated heterocycles. The van der Waals surface area contributed by atoms with Gasteiger partial charge >= 0.3 is 0 Å². The fraction of sp³-hybridized carbons (Fsp3) is 0.174. The first-order valence-electron chi connectivity index (χ1n) is 10.3. The maximum absolute atomic E-state index is 14.5. The molecule has 33 heavy (non-hydrogen) atoms. The minimum absolute atomic E-state index is 0.172. The van der Waals surface area contributed by atoms with Crippen molar-refractivity contribution in [3.8, 4) is 16.9 Å². The third kappa shape index (κ3) is 3.87. The second kappa shape index (κ2) is 8.38. The monoisotopic (exact) mass is 465 g/mol. The molecule has 0 atom stereocenters. The van der Waals surface area contributed by atoms with Gasteiger partial charge in [-0.1, -0.05) is 12.1 Å². The molecule has 5 rings (SSSR count). The zero-order valence-electron chi connectivity index (χ0n) is 17.7. The number of fused-ring (bicyclic) bond motifs is 2. The Morgan fingerprint density at radius 3 is 2.55 bits per heavy atom. The van der Waals surface area contributed by atoms with Crippen molar-refractivity contribution in [2.45, 2.75) is 17.9 Å². The highest BCUT2D eigenvalue weighted by molar-refractivity contribution is 7.89. The average molecular weight is 466 g/mol. The number of anilines is 1. The molecule has 8 nitrogen and oxygen atoms in total. The van der Waals surface area contributed by atoms with Crippen molar-refractivity contribution in [3.05, 3.63) is 71.9 Å². The molecule has 2 N–H and O–H groups in total. The molecule has 1 aliphatic rings. The minimum Gasteiger partial charge on any atom is -0.493 e. The first kappa shape index (κ1) is 21.2. The zero-order valence-corrected chi connectivity index (χ0v) is 18.5. The standard InChI is InChI=1S/C23H20FN5O3S/c1-25-33(30,31)15-4-2-14(3-5-15)17-10-26-23(20-13-29-28-12-18(17)20)27-11-19-16-8-9-32-22(16)7-6-21(19)24/h2-7,10,12-13,25H,8-9,11H2,1H3,(H,26,27). The maximum Gasteiger partial charge on any atom is 0.240 e. The van der Waals surface area contributed by atoms with Crippen LogP contribution >= 0.6 is 0 Å². The summed E-state index contributed by atoms with van der Waals surface area (Å²) in [6.07, 6.45) is 5.58. The molecular weight excluding hydrogens is 445 g/mol. The molecule has 4 aromatic rings. The summed E-state index contributed by atoms with van der Waals surface area (Å²) in [7, 11) is -2.16. The summed E-state index contributed by atoms with van der Waals surface area (Å²) in [6, 6.07) is 9.59. The van der Waals surface area contributed by atoms with Crippen molar-refractivity contribution in [1.29, 1.82) is 0 Å². The lowest BCUT2D eigenvalue weighted by atomic mass is 10.0. The Morgan fingerprint density at radius 2 is 1.79 bits per heavy atom. The third-order valence-electron chi connectivity index (χ3n) is 5.72. The number of nitrogens with zero attached hydrogens (tertiary/aromatic N) is 3. The predicted molar refractivity (Wildman–Crippen MR) is 122 cm³/mol. The van der Waals surface area contributed by atoms with E-state index in [1.54, 1.807) is 36.8 Å². The Morgan fingerprint density at radius 1 is 1.03 bits per heavy atom. The molecule has 0 spiro atoms. The van der Waals surface area contributed by atoms with Crippen LogP contribution in [0.4, 0.5) is 10.2 Å². The SMILES string of the molecule is CNS(=O)(=O)c1ccc(-c2cnc(NCc3c(F)ccc4c3CCO4)c3cnncc23)cc1. The molecule has 0 unspecified atom stereocenters. The van der Waals surface area contributed by atoms with E-state index in [0.29, 0.717) is 24.4 Å². The van der Waals surface area contributed by atoms with Gasteiger partial charge in [-0.05, 0) is 36.9 Å². The molecule has 0 saturated carbocycles. The van der Waals surface area contributed by atoms with E-state index in [0.717, 1.165) is 33.2 Å². The molecule has 168 valence electrons. The molecule has 1 aliphatic heterocycles.